The fourth-order valence-electron chi connectivity index (χ4n) is 4.18. The fraction of sp³-hybridized carbons (Fsp3) is 0.800. The quantitative estimate of drug-likeness (QED) is 0.743. The van der Waals surface area contributed by atoms with Gasteiger partial charge in [0.05, 0.1) is 5.60 Å². The zero-order valence-electron chi connectivity index (χ0n) is 11.4. The first-order chi connectivity index (χ1) is 8.26. The van der Waals surface area contributed by atoms with Crippen LogP contribution in [0.15, 0.2) is 12.2 Å². The number of hydrogen-bond donors (Lipinski definition) is 2. The van der Waals surface area contributed by atoms with Gasteiger partial charge in [0.15, 0.2) is 0 Å². The first-order valence-corrected chi connectivity index (χ1v) is 6.91. The molecule has 3 nitrogen and oxygen atoms in total. The Hall–Kier alpha value is -0.830. The number of carboxylic acid groups (broad SMARTS) is 1. The van der Waals surface area contributed by atoms with Gasteiger partial charge >= 0.3 is 5.97 Å². The van der Waals surface area contributed by atoms with Crippen molar-refractivity contribution in [1.82, 2.24) is 0 Å². The van der Waals surface area contributed by atoms with Crippen LogP contribution in [0, 0.1) is 17.3 Å². The molecule has 2 rings (SSSR count). The van der Waals surface area contributed by atoms with Crippen LogP contribution in [0.2, 0.25) is 0 Å². The molecule has 102 valence electrons. The molecule has 0 aromatic rings. The van der Waals surface area contributed by atoms with Crippen LogP contribution in [0.25, 0.3) is 0 Å². The maximum atomic E-state index is 11.0. The van der Waals surface area contributed by atoms with Gasteiger partial charge in [-0.05, 0) is 56.3 Å². The molecule has 0 bridgehead atoms. The van der Waals surface area contributed by atoms with Crippen molar-refractivity contribution in [2.75, 3.05) is 0 Å². The van der Waals surface area contributed by atoms with Gasteiger partial charge in [-0.1, -0.05) is 19.9 Å². The number of rotatable bonds is 2. The second-order valence-electron chi connectivity index (χ2n) is 6.72. The van der Waals surface area contributed by atoms with Crippen LogP contribution >= 0.6 is 0 Å². The number of hydrogen-bond acceptors (Lipinski definition) is 2. The number of aliphatic hydroxyl groups is 1. The van der Waals surface area contributed by atoms with E-state index in [4.69, 9.17) is 5.11 Å². The molecule has 2 fully saturated rings. The van der Waals surface area contributed by atoms with Crippen molar-refractivity contribution in [1.29, 1.82) is 0 Å². The van der Waals surface area contributed by atoms with E-state index in [2.05, 4.69) is 13.5 Å². The second-order valence-corrected chi connectivity index (χ2v) is 6.72. The average molecular weight is 252 g/mol. The molecule has 0 heterocycles. The van der Waals surface area contributed by atoms with Crippen molar-refractivity contribution >= 4 is 5.97 Å². The van der Waals surface area contributed by atoms with Gasteiger partial charge in [0.2, 0.25) is 0 Å². The van der Waals surface area contributed by atoms with Crippen LogP contribution < -0.4 is 0 Å². The van der Waals surface area contributed by atoms with E-state index in [0.29, 0.717) is 5.57 Å². The highest BCUT2D eigenvalue weighted by atomic mass is 16.4. The van der Waals surface area contributed by atoms with E-state index in [1.165, 1.54) is 0 Å². The molecule has 0 aromatic carbocycles. The molecule has 2 N–H and O–H groups in total. The molecule has 2 aliphatic carbocycles. The molecule has 0 aromatic heterocycles. The molecular formula is C15H24O3. The Morgan fingerprint density at radius 3 is 2.56 bits per heavy atom. The van der Waals surface area contributed by atoms with Gasteiger partial charge in [-0.3, -0.25) is 0 Å². The number of aliphatic carboxylic acids is 1. The minimum atomic E-state index is -0.890. The van der Waals surface area contributed by atoms with Gasteiger partial charge in [-0.15, -0.1) is 0 Å². The van der Waals surface area contributed by atoms with E-state index >= 15 is 0 Å². The van der Waals surface area contributed by atoms with E-state index < -0.39 is 11.6 Å². The highest BCUT2D eigenvalue weighted by Crippen LogP contribution is 2.56. The van der Waals surface area contributed by atoms with Gasteiger partial charge < -0.3 is 10.2 Å². The minimum absolute atomic E-state index is 0.0325. The van der Waals surface area contributed by atoms with Gasteiger partial charge in [0.1, 0.15) is 0 Å². The normalized spacial score (nSPS) is 44.2. The Morgan fingerprint density at radius 2 is 1.94 bits per heavy atom. The lowest BCUT2D eigenvalue weighted by Gasteiger charge is -2.54. The van der Waals surface area contributed by atoms with Crippen molar-refractivity contribution in [2.24, 2.45) is 17.3 Å². The van der Waals surface area contributed by atoms with Crippen LogP contribution in [-0.2, 0) is 4.79 Å². The zero-order valence-corrected chi connectivity index (χ0v) is 11.4. The van der Waals surface area contributed by atoms with Crippen LogP contribution in [0.3, 0.4) is 0 Å². The summed E-state index contributed by atoms with van der Waals surface area (Å²) in [6, 6.07) is 0. The van der Waals surface area contributed by atoms with Crippen molar-refractivity contribution in [3.63, 3.8) is 0 Å². The molecule has 1 unspecified atom stereocenters. The summed E-state index contributed by atoms with van der Waals surface area (Å²) in [6.07, 6.45) is 5.73. The third-order valence-corrected chi connectivity index (χ3v) is 5.37. The van der Waals surface area contributed by atoms with E-state index in [-0.39, 0.29) is 17.3 Å². The molecule has 2 saturated carbocycles. The predicted molar refractivity (Wildman–Crippen MR) is 70.2 cm³/mol. The lowest BCUT2D eigenvalue weighted by Crippen LogP contribution is -2.51. The lowest BCUT2D eigenvalue weighted by molar-refractivity contribution is -0.137. The topological polar surface area (TPSA) is 57.5 Å². The summed E-state index contributed by atoms with van der Waals surface area (Å²) in [4.78, 5) is 11.0. The minimum Gasteiger partial charge on any atom is -0.478 e. The monoisotopic (exact) mass is 252 g/mol. The van der Waals surface area contributed by atoms with Gasteiger partial charge in [-0.25, -0.2) is 4.79 Å². The number of carboxylic acids is 1. The van der Waals surface area contributed by atoms with Crippen LogP contribution in [0.5, 0.6) is 0 Å². The number of carbonyl (C=O) groups is 1. The molecule has 0 amide bonds. The van der Waals surface area contributed by atoms with Crippen LogP contribution in [0.4, 0.5) is 0 Å². The third-order valence-electron chi connectivity index (χ3n) is 5.37. The molecular weight excluding hydrogens is 228 g/mol. The van der Waals surface area contributed by atoms with Crippen LogP contribution in [0.1, 0.15) is 52.4 Å². The van der Waals surface area contributed by atoms with Crippen molar-refractivity contribution < 1.29 is 15.0 Å². The van der Waals surface area contributed by atoms with Crippen molar-refractivity contribution in [3.05, 3.63) is 12.2 Å². The Morgan fingerprint density at radius 1 is 1.28 bits per heavy atom. The van der Waals surface area contributed by atoms with Gasteiger partial charge in [-0.2, -0.15) is 0 Å². The molecule has 0 radical (unpaired) electrons. The molecule has 3 heteroatoms. The highest BCUT2D eigenvalue weighted by Gasteiger charge is 2.51. The molecule has 0 saturated heterocycles. The Balaban J connectivity index is 2.19. The Kier molecular flexibility index (Phi) is 3.30. The predicted octanol–water partition coefficient (Wildman–Crippen LogP) is 2.98. The van der Waals surface area contributed by atoms with Crippen molar-refractivity contribution in [2.45, 2.75) is 58.0 Å². The Bertz CT molecular complexity index is 372. The second kappa shape index (κ2) is 4.37. The largest absolute Gasteiger partial charge is 0.478 e. The Labute approximate surface area is 109 Å². The van der Waals surface area contributed by atoms with Gasteiger partial charge in [0, 0.05) is 5.57 Å². The molecule has 18 heavy (non-hydrogen) atoms. The van der Waals surface area contributed by atoms with E-state index in [9.17, 15) is 9.90 Å². The molecule has 2 aliphatic rings. The van der Waals surface area contributed by atoms with Crippen LogP contribution in [-0.4, -0.2) is 21.8 Å². The zero-order chi connectivity index (χ0) is 13.6. The summed E-state index contributed by atoms with van der Waals surface area (Å²) >= 11 is 0. The van der Waals surface area contributed by atoms with Crippen molar-refractivity contribution in [3.8, 4) is 0 Å². The maximum absolute atomic E-state index is 11.0. The summed E-state index contributed by atoms with van der Waals surface area (Å²) in [5, 5.41) is 19.7. The molecule has 0 spiro atoms. The smallest absolute Gasteiger partial charge is 0.331 e. The third kappa shape index (κ3) is 2.20. The SMILES string of the molecule is C=C(C(=O)O)C1CC[C@@]2(C)CCC[C@@](C)(O)[C@@H]2C1. The summed E-state index contributed by atoms with van der Waals surface area (Å²) in [5.41, 5.74) is -0.153. The summed E-state index contributed by atoms with van der Waals surface area (Å²) in [6.45, 7) is 7.88. The van der Waals surface area contributed by atoms with Gasteiger partial charge in [0.25, 0.3) is 0 Å². The van der Waals surface area contributed by atoms with E-state index in [1.54, 1.807) is 0 Å². The maximum Gasteiger partial charge on any atom is 0.331 e. The van der Waals surface area contributed by atoms with E-state index in [1.807, 2.05) is 6.92 Å². The summed E-state index contributed by atoms with van der Waals surface area (Å²) in [7, 11) is 0. The summed E-state index contributed by atoms with van der Waals surface area (Å²) in [5.74, 6) is -0.655. The molecule has 4 atom stereocenters. The molecule has 0 aliphatic heterocycles. The highest BCUT2D eigenvalue weighted by molar-refractivity contribution is 5.86. The first kappa shape index (κ1) is 13.6. The summed E-state index contributed by atoms with van der Waals surface area (Å²) < 4.78 is 0. The lowest BCUT2D eigenvalue weighted by atomic mass is 9.53. The first-order valence-electron chi connectivity index (χ1n) is 6.91. The average Bonchev–Trinajstić information content (AvgIpc) is 2.27. The number of fused-ring (bicyclic) bond motifs is 1. The standard InChI is InChI=1S/C15H24O3/c1-10(13(16)17)11-5-8-14(2)6-4-7-15(3,18)12(14)9-11/h11-12,18H,1,4-9H2,2-3H3,(H,16,17)/t11?,12-,14-,15-/m1/s1. The fourth-order valence-corrected chi connectivity index (χ4v) is 4.18. The van der Waals surface area contributed by atoms with E-state index in [0.717, 1.165) is 38.5 Å².